The summed E-state index contributed by atoms with van der Waals surface area (Å²) in [6.07, 6.45) is 0. The third-order valence-electron chi connectivity index (χ3n) is 28.9. The lowest BCUT2D eigenvalue weighted by atomic mass is 9.67. The summed E-state index contributed by atoms with van der Waals surface area (Å²) in [6, 6.07) is 184. The smallest absolute Gasteiger partial charge is 0.0726 e. The highest BCUT2D eigenvalue weighted by Crippen LogP contribution is 2.69. The third-order valence-corrected chi connectivity index (χ3v) is 28.9. The molecule has 20 aromatic carbocycles. The van der Waals surface area contributed by atoms with E-state index in [9.17, 15) is 0 Å². The van der Waals surface area contributed by atoms with Gasteiger partial charge in [-0.15, -0.1) is 0 Å². The summed E-state index contributed by atoms with van der Waals surface area (Å²) in [7, 11) is 0. The molecule has 2 nitrogen and oxygen atoms in total. The fourth-order valence-electron chi connectivity index (χ4n) is 24.0. The second-order valence-corrected chi connectivity index (χ2v) is 34.6. The van der Waals surface area contributed by atoms with Crippen molar-refractivity contribution >= 4 is 34.1 Å². The fourth-order valence-corrected chi connectivity index (χ4v) is 24.0. The number of hydrogen-bond donors (Lipinski definition) is 0. The molecule has 126 heavy (non-hydrogen) atoms. The van der Waals surface area contributed by atoms with Crippen molar-refractivity contribution in [2.24, 2.45) is 0 Å². The molecule has 0 N–H and O–H groups in total. The van der Waals surface area contributed by atoms with Crippen LogP contribution in [0.2, 0.25) is 0 Å². The quantitative estimate of drug-likeness (QED) is 0.114. The summed E-state index contributed by atoms with van der Waals surface area (Å²) < 4.78 is 0. The highest BCUT2D eigenvalue weighted by molar-refractivity contribution is 6.05. The SMILES string of the molecule is c1ccc(-c2ccc(N(c3ccc4c(c3)-c3ccccc3C4(c3ccccc3)c3ccccc3)c3cccc4c3-c3ccccc3C43c4ccccc4-c4cc(-c5ccc(C6(c7ccccc7)c7ccccc7-c7cc(N(c8cccc(-c9ccccc9)c8)c8cccc9c8-c8ccccc8C98c9ccccc9-c9ccccc98)ccc76)cc5)ccc43)cc2)cc1. The molecule has 2 atom stereocenters. The molecule has 20 aromatic rings. The van der Waals surface area contributed by atoms with Gasteiger partial charge in [0.05, 0.1) is 33.0 Å². The van der Waals surface area contributed by atoms with Crippen molar-refractivity contribution in [2.75, 3.05) is 9.80 Å². The van der Waals surface area contributed by atoms with Crippen LogP contribution in [-0.4, -0.2) is 0 Å². The van der Waals surface area contributed by atoms with Crippen LogP contribution in [0.15, 0.2) is 485 Å². The van der Waals surface area contributed by atoms with E-state index in [0.29, 0.717) is 0 Å². The minimum atomic E-state index is -0.681. The summed E-state index contributed by atoms with van der Waals surface area (Å²) >= 11 is 0. The average Bonchev–Trinajstić information content (AvgIpc) is 1.51. The van der Waals surface area contributed by atoms with E-state index < -0.39 is 21.7 Å². The zero-order valence-corrected chi connectivity index (χ0v) is 69.1. The van der Waals surface area contributed by atoms with Gasteiger partial charge in [0.15, 0.2) is 0 Å². The van der Waals surface area contributed by atoms with Crippen molar-refractivity contribution in [2.45, 2.75) is 21.7 Å². The molecule has 26 rings (SSSR count). The van der Waals surface area contributed by atoms with Gasteiger partial charge in [-0.1, -0.05) is 419 Å². The van der Waals surface area contributed by atoms with Gasteiger partial charge < -0.3 is 9.80 Å². The van der Waals surface area contributed by atoms with E-state index in [-0.39, 0.29) is 0 Å². The van der Waals surface area contributed by atoms with Crippen molar-refractivity contribution in [3.8, 4) is 100 Å². The fraction of sp³-hybridized carbons (Fsp3) is 0.0323. The predicted octanol–water partition coefficient (Wildman–Crippen LogP) is 31.0. The number of nitrogens with zero attached hydrogens (tertiary/aromatic N) is 2. The van der Waals surface area contributed by atoms with Crippen molar-refractivity contribution in [1.82, 2.24) is 0 Å². The highest BCUT2D eigenvalue weighted by atomic mass is 15.2. The summed E-state index contributed by atoms with van der Waals surface area (Å²) in [6.45, 7) is 0. The van der Waals surface area contributed by atoms with Crippen LogP contribution in [0.1, 0.15) is 89.0 Å². The van der Waals surface area contributed by atoms with E-state index in [4.69, 9.17) is 0 Å². The van der Waals surface area contributed by atoms with Crippen LogP contribution in [0.3, 0.4) is 0 Å². The Labute approximate surface area is 734 Å². The van der Waals surface area contributed by atoms with Crippen LogP contribution in [0.5, 0.6) is 0 Å². The molecule has 0 aromatic heterocycles. The number of hydrogen-bond acceptors (Lipinski definition) is 2. The maximum absolute atomic E-state index is 2.56. The maximum Gasteiger partial charge on any atom is 0.0726 e. The number of fused-ring (bicyclic) bond motifs is 26. The van der Waals surface area contributed by atoms with Gasteiger partial charge in [0.25, 0.3) is 0 Å². The number of rotatable bonds is 13. The molecule has 586 valence electrons. The van der Waals surface area contributed by atoms with Crippen molar-refractivity contribution < 1.29 is 0 Å². The Kier molecular flexibility index (Phi) is 15.8. The van der Waals surface area contributed by atoms with Crippen LogP contribution in [-0.2, 0) is 21.7 Å². The Hall–Kier alpha value is -16.0. The molecule has 0 heterocycles. The lowest BCUT2D eigenvalue weighted by molar-refractivity contribution is 0.768. The standard InChI is InChI=1S/C124H80N2/c1-6-33-81(34-7-1)83-65-70-91(71-66-83)125(93-72-75-112-103(79-93)98-48-18-23-52-105(98)121(112,87-38-10-3-11-39-87)88-40-12-4-13-41-88)117-61-31-60-116-119(117)101-51-22-29-58-111(101)124(116)109-56-27-20-47-97(109)102-78-86(67-74-114(102)124)84-63-68-90(69-64-84)122(89-42-14-5-15-43-89)106-53-24-19-49-99(106)104-80-94(73-76-113(104)122)126(92-44-30-37-85(77-92)82-35-8-2-9-36-82)118-62-32-59-115-120(118)100-50-21-28-57-110(100)123(115)107-54-25-16-45-95(107)96-46-17-26-55-108(96)123/h1-80H. The largest absolute Gasteiger partial charge is 0.310 e. The molecule has 0 aliphatic heterocycles. The number of anilines is 6. The minimum Gasteiger partial charge on any atom is -0.310 e. The monoisotopic (exact) mass is 1600 g/mol. The first-order valence-corrected chi connectivity index (χ1v) is 44.1. The summed E-state index contributed by atoms with van der Waals surface area (Å²) in [5, 5.41) is 0. The summed E-state index contributed by atoms with van der Waals surface area (Å²) in [4.78, 5) is 5.11. The Morgan fingerprint density at radius 1 is 0.127 bits per heavy atom. The average molecular weight is 1600 g/mol. The summed E-state index contributed by atoms with van der Waals surface area (Å²) in [5.41, 5.74) is 46.7. The van der Waals surface area contributed by atoms with Crippen LogP contribution in [0.4, 0.5) is 34.1 Å². The Morgan fingerprint density at radius 2 is 0.373 bits per heavy atom. The first kappa shape index (κ1) is 71.7. The molecule has 6 aliphatic rings. The lowest BCUT2D eigenvalue weighted by Crippen LogP contribution is -2.28. The van der Waals surface area contributed by atoms with E-state index in [1.807, 2.05) is 0 Å². The van der Waals surface area contributed by atoms with Gasteiger partial charge in [0.1, 0.15) is 0 Å². The first-order chi connectivity index (χ1) is 62.5. The van der Waals surface area contributed by atoms with E-state index in [2.05, 4.69) is 495 Å². The molecule has 0 amide bonds. The van der Waals surface area contributed by atoms with Gasteiger partial charge in [0.2, 0.25) is 0 Å². The van der Waals surface area contributed by atoms with E-state index in [1.165, 1.54) is 178 Å². The first-order valence-electron chi connectivity index (χ1n) is 44.1. The molecule has 0 bridgehead atoms. The van der Waals surface area contributed by atoms with Crippen LogP contribution >= 0.6 is 0 Å². The number of benzene rings is 20. The van der Waals surface area contributed by atoms with Crippen molar-refractivity contribution in [3.05, 3.63) is 574 Å². The minimum absolute atomic E-state index is 0.518. The van der Waals surface area contributed by atoms with Gasteiger partial charge in [-0.05, 0) is 245 Å². The van der Waals surface area contributed by atoms with Gasteiger partial charge >= 0.3 is 0 Å². The Morgan fingerprint density at radius 3 is 0.810 bits per heavy atom. The lowest BCUT2D eigenvalue weighted by Gasteiger charge is -2.34. The van der Waals surface area contributed by atoms with E-state index in [1.54, 1.807) is 0 Å². The Balaban J connectivity index is 0.613. The highest BCUT2D eigenvalue weighted by Gasteiger charge is 2.56. The molecular formula is C124H80N2. The molecule has 0 fully saturated rings. The maximum atomic E-state index is 2.56. The van der Waals surface area contributed by atoms with E-state index >= 15 is 0 Å². The zero-order chi connectivity index (χ0) is 82.8. The normalized spacial score (nSPS) is 15.7. The second-order valence-electron chi connectivity index (χ2n) is 34.6. The molecule has 0 saturated carbocycles. The molecule has 2 spiro atoms. The summed E-state index contributed by atoms with van der Waals surface area (Å²) in [5.74, 6) is 0. The van der Waals surface area contributed by atoms with Crippen molar-refractivity contribution in [3.63, 3.8) is 0 Å². The zero-order valence-electron chi connectivity index (χ0n) is 69.1. The van der Waals surface area contributed by atoms with Crippen molar-refractivity contribution in [1.29, 1.82) is 0 Å². The molecule has 2 heteroatoms. The van der Waals surface area contributed by atoms with Gasteiger partial charge in [0, 0.05) is 33.9 Å². The van der Waals surface area contributed by atoms with E-state index in [0.717, 1.165) is 45.3 Å². The van der Waals surface area contributed by atoms with Crippen LogP contribution in [0, 0.1) is 0 Å². The Bertz CT molecular complexity index is 7740. The molecule has 0 radical (unpaired) electrons. The van der Waals surface area contributed by atoms with Gasteiger partial charge in [-0.25, -0.2) is 0 Å². The molecule has 0 saturated heterocycles. The topological polar surface area (TPSA) is 6.48 Å². The van der Waals surface area contributed by atoms with Crippen LogP contribution in [0.25, 0.3) is 100 Å². The van der Waals surface area contributed by atoms with Crippen LogP contribution < -0.4 is 9.80 Å². The molecular weight excluding hydrogens is 1520 g/mol. The van der Waals surface area contributed by atoms with Gasteiger partial charge in [-0.2, -0.15) is 0 Å². The second kappa shape index (κ2) is 27.8. The molecule has 6 aliphatic carbocycles. The predicted molar refractivity (Wildman–Crippen MR) is 519 cm³/mol. The third kappa shape index (κ3) is 9.87. The van der Waals surface area contributed by atoms with Gasteiger partial charge in [-0.3, -0.25) is 0 Å². The molecule has 2 unspecified atom stereocenters.